The van der Waals surface area contributed by atoms with Crippen LogP contribution < -0.4 is 10.1 Å². The van der Waals surface area contributed by atoms with Crippen LogP contribution in [0.5, 0.6) is 5.75 Å². The molecule has 2 aromatic carbocycles. The maximum absolute atomic E-state index is 12.3. The molecule has 0 unspecified atom stereocenters. The maximum Gasteiger partial charge on any atom is 0.258 e. The van der Waals surface area contributed by atoms with E-state index in [0.717, 1.165) is 6.42 Å². The second kappa shape index (κ2) is 8.39. The SMILES string of the molecule is CC[C@H](NC(=O)COc1ccc(C(C)(C)C)cc1)c1ccc(C)cc1C. The van der Waals surface area contributed by atoms with Crippen molar-refractivity contribution in [2.45, 2.75) is 59.4 Å². The molecular weight excluding hydrogens is 322 g/mol. The van der Waals surface area contributed by atoms with E-state index in [-0.39, 0.29) is 24.0 Å². The Kier molecular flexibility index (Phi) is 6.47. The molecule has 2 aromatic rings. The second-order valence-electron chi connectivity index (χ2n) is 7.95. The number of ether oxygens (including phenoxy) is 1. The molecule has 2 rings (SSSR count). The Morgan fingerprint density at radius 2 is 1.73 bits per heavy atom. The van der Waals surface area contributed by atoms with Crippen molar-refractivity contribution >= 4 is 5.91 Å². The van der Waals surface area contributed by atoms with E-state index < -0.39 is 0 Å². The minimum absolute atomic E-state index is 0.00923. The first-order valence-corrected chi connectivity index (χ1v) is 9.30. The molecule has 0 spiro atoms. The lowest BCUT2D eigenvalue weighted by Crippen LogP contribution is -2.32. The monoisotopic (exact) mass is 353 g/mol. The number of aryl methyl sites for hydroxylation is 2. The zero-order chi connectivity index (χ0) is 19.3. The summed E-state index contributed by atoms with van der Waals surface area (Å²) in [6.07, 6.45) is 0.843. The Balaban J connectivity index is 1.95. The zero-order valence-electron chi connectivity index (χ0n) is 16.8. The third-order valence-corrected chi connectivity index (χ3v) is 4.63. The summed E-state index contributed by atoms with van der Waals surface area (Å²) in [6, 6.07) is 14.3. The lowest BCUT2D eigenvalue weighted by Gasteiger charge is -2.21. The van der Waals surface area contributed by atoms with Crippen molar-refractivity contribution in [1.82, 2.24) is 5.32 Å². The zero-order valence-corrected chi connectivity index (χ0v) is 16.8. The predicted molar refractivity (Wildman–Crippen MR) is 108 cm³/mol. The van der Waals surface area contributed by atoms with Gasteiger partial charge in [0.1, 0.15) is 5.75 Å². The van der Waals surface area contributed by atoms with Crippen molar-refractivity contribution in [2.75, 3.05) is 6.61 Å². The number of nitrogens with one attached hydrogen (secondary N) is 1. The number of hydrogen-bond acceptors (Lipinski definition) is 2. The third kappa shape index (κ3) is 5.35. The number of carbonyl (C=O) groups is 1. The van der Waals surface area contributed by atoms with E-state index in [1.165, 1.54) is 22.3 Å². The van der Waals surface area contributed by atoms with Gasteiger partial charge in [-0.2, -0.15) is 0 Å². The van der Waals surface area contributed by atoms with Crippen LogP contribution in [0.2, 0.25) is 0 Å². The minimum Gasteiger partial charge on any atom is -0.484 e. The van der Waals surface area contributed by atoms with Gasteiger partial charge in [0.2, 0.25) is 0 Å². The van der Waals surface area contributed by atoms with E-state index in [1.54, 1.807) is 0 Å². The van der Waals surface area contributed by atoms with Crippen LogP contribution in [0.3, 0.4) is 0 Å². The van der Waals surface area contributed by atoms with Gasteiger partial charge in [-0.1, -0.05) is 63.6 Å². The lowest BCUT2D eigenvalue weighted by molar-refractivity contribution is -0.123. The van der Waals surface area contributed by atoms with Crippen molar-refractivity contribution in [2.24, 2.45) is 0 Å². The molecule has 1 amide bonds. The number of benzene rings is 2. The van der Waals surface area contributed by atoms with Gasteiger partial charge in [0.25, 0.3) is 5.91 Å². The molecule has 1 N–H and O–H groups in total. The van der Waals surface area contributed by atoms with Gasteiger partial charge in [-0.25, -0.2) is 0 Å². The summed E-state index contributed by atoms with van der Waals surface area (Å²) in [4.78, 5) is 12.3. The van der Waals surface area contributed by atoms with E-state index in [4.69, 9.17) is 4.74 Å². The molecule has 3 nitrogen and oxygen atoms in total. The number of rotatable bonds is 6. The largest absolute Gasteiger partial charge is 0.484 e. The van der Waals surface area contributed by atoms with Crippen molar-refractivity contribution in [3.8, 4) is 5.75 Å². The molecule has 0 aliphatic heterocycles. The van der Waals surface area contributed by atoms with E-state index in [1.807, 2.05) is 12.1 Å². The van der Waals surface area contributed by atoms with Crippen molar-refractivity contribution in [3.05, 3.63) is 64.7 Å². The molecule has 0 fully saturated rings. The van der Waals surface area contributed by atoms with Gasteiger partial charge in [0, 0.05) is 0 Å². The first-order chi connectivity index (χ1) is 12.2. The fraction of sp³-hybridized carbons (Fsp3) is 0.435. The quantitative estimate of drug-likeness (QED) is 0.770. The van der Waals surface area contributed by atoms with Crippen molar-refractivity contribution in [1.29, 1.82) is 0 Å². The van der Waals surface area contributed by atoms with Gasteiger partial charge in [0.05, 0.1) is 6.04 Å². The van der Waals surface area contributed by atoms with Gasteiger partial charge in [-0.05, 0) is 54.5 Å². The number of hydrogen-bond donors (Lipinski definition) is 1. The Morgan fingerprint density at radius 1 is 1.08 bits per heavy atom. The highest BCUT2D eigenvalue weighted by molar-refractivity contribution is 5.78. The molecule has 0 aliphatic carbocycles. The normalized spacial score (nSPS) is 12.5. The number of carbonyl (C=O) groups excluding carboxylic acids is 1. The Bertz CT molecular complexity index is 742. The summed E-state index contributed by atoms with van der Waals surface area (Å²) in [5.41, 5.74) is 4.96. The van der Waals surface area contributed by atoms with Crippen LogP contribution in [0.1, 0.15) is 62.4 Å². The predicted octanol–water partition coefficient (Wildman–Crippen LogP) is 5.25. The highest BCUT2D eigenvalue weighted by Gasteiger charge is 2.16. The third-order valence-electron chi connectivity index (χ3n) is 4.63. The van der Waals surface area contributed by atoms with E-state index in [2.05, 4.69) is 77.2 Å². The maximum atomic E-state index is 12.3. The molecule has 0 aromatic heterocycles. The average Bonchev–Trinajstić information content (AvgIpc) is 2.58. The summed E-state index contributed by atoms with van der Waals surface area (Å²) < 4.78 is 5.65. The van der Waals surface area contributed by atoms with Crippen LogP contribution >= 0.6 is 0 Å². The first-order valence-electron chi connectivity index (χ1n) is 9.30. The van der Waals surface area contributed by atoms with Gasteiger partial charge >= 0.3 is 0 Å². The Morgan fingerprint density at radius 3 is 2.27 bits per heavy atom. The summed E-state index contributed by atoms with van der Waals surface area (Å²) >= 11 is 0. The summed E-state index contributed by atoms with van der Waals surface area (Å²) in [5.74, 6) is 0.615. The Labute approximate surface area is 157 Å². The van der Waals surface area contributed by atoms with E-state index in [0.29, 0.717) is 5.75 Å². The highest BCUT2D eigenvalue weighted by atomic mass is 16.5. The molecule has 0 heterocycles. The van der Waals surface area contributed by atoms with Crippen molar-refractivity contribution in [3.63, 3.8) is 0 Å². The van der Waals surface area contributed by atoms with Crippen LogP contribution in [0.4, 0.5) is 0 Å². The summed E-state index contributed by atoms with van der Waals surface area (Å²) in [7, 11) is 0. The van der Waals surface area contributed by atoms with Gasteiger partial charge < -0.3 is 10.1 Å². The van der Waals surface area contributed by atoms with Gasteiger partial charge in [0.15, 0.2) is 6.61 Å². The smallest absolute Gasteiger partial charge is 0.258 e. The van der Waals surface area contributed by atoms with Crippen LogP contribution in [0.25, 0.3) is 0 Å². The summed E-state index contributed by atoms with van der Waals surface area (Å²) in [6.45, 7) is 12.8. The molecule has 0 saturated carbocycles. The second-order valence-corrected chi connectivity index (χ2v) is 7.95. The summed E-state index contributed by atoms with van der Waals surface area (Å²) in [5, 5.41) is 3.09. The molecule has 0 saturated heterocycles. The fourth-order valence-electron chi connectivity index (χ4n) is 3.05. The van der Waals surface area contributed by atoms with Crippen LogP contribution in [-0.4, -0.2) is 12.5 Å². The molecule has 0 aliphatic rings. The highest BCUT2D eigenvalue weighted by Crippen LogP contribution is 2.24. The van der Waals surface area contributed by atoms with Crippen LogP contribution in [0, 0.1) is 13.8 Å². The van der Waals surface area contributed by atoms with E-state index >= 15 is 0 Å². The fourth-order valence-corrected chi connectivity index (χ4v) is 3.05. The molecule has 26 heavy (non-hydrogen) atoms. The standard InChI is InChI=1S/C23H31NO2/c1-7-21(20-13-8-16(2)14-17(20)3)24-22(25)15-26-19-11-9-18(10-12-19)23(4,5)6/h8-14,21H,7,15H2,1-6H3,(H,24,25)/t21-/m0/s1. The Hall–Kier alpha value is -2.29. The molecule has 140 valence electrons. The topological polar surface area (TPSA) is 38.3 Å². The van der Waals surface area contributed by atoms with Gasteiger partial charge in [-0.3, -0.25) is 4.79 Å². The van der Waals surface area contributed by atoms with Gasteiger partial charge in [-0.15, -0.1) is 0 Å². The molecule has 3 heteroatoms. The number of amides is 1. The molecule has 1 atom stereocenters. The molecule has 0 radical (unpaired) electrons. The van der Waals surface area contributed by atoms with Crippen LogP contribution in [0.15, 0.2) is 42.5 Å². The van der Waals surface area contributed by atoms with E-state index in [9.17, 15) is 4.79 Å². The van der Waals surface area contributed by atoms with Crippen LogP contribution in [-0.2, 0) is 10.2 Å². The first kappa shape index (κ1) is 20.0. The molecule has 0 bridgehead atoms. The minimum atomic E-state index is -0.100. The van der Waals surface area contributed by atoms with Crippen molar-refractivity contribution < 1.29 is 9.53 Å². The lowest BCUT2D eigenvalue weighted by atomic mass is 9.87. The molecular formula is C23H31NO2. The average molecular weight is 354 g/mol.